The van der Waals surface area contributed by atoms with Gasteiger partial charge in [-0.15, -0.1) is 0 Å². The zero-order valence-corrected chi connectivity index (χ0v) is 12.6. The van der Waals surface area contributed by atoms with Crippen molar-refractivity contribution in [2.75, 3.05) is 24.7 Å². The zero-order chi connectivity index (χ0) is 13.6. The third-order valence-corrected chi connectivity index (χ3v) is 5.94. The van der Waals surface area contributed by atoms with Gasteiger partial charge in [-0.25, -0.2) is 8.42 Å². The molecule has 1 unspecified atom stereocenters. The molecule has 0 aromatic heterocycles. The minimum atomic E-state index is -2.79. The highest BCUT2D eigenvalue weighted by atomic mass is 32.2. The summed E-state index contributed by atoms with van der Waals surface area (Å²) >= 11 is 0. The van der Waals surface area contributed by atoms with Crippen LogP contribution in [0.2, 0.25) is 0 Å². The number of hydrogen-bond acceptors (Lipinski definition) is 4. The topological polar surface area (TPSA) is 55.4 Å². The second kappa shape index (κ2) is 7.60. The maximum atomic E-state index is 11.5. The van der Waals surface area contributed by atoms with Gasteiger partial charge in [0.2, 0.25) is 0 Å². The van der Waals surface area contributed by atoms with Crippen LogP contribution in [-0.4, -0.2) is 45.2 Å². The minimum Gasteiger partial charge on any atom is -0.378 e. The molecule has 0 aromatic rings. The smallest absolute Gasteiger partial charge is 0.151 e. The summed E-state index contributed by atoms with van der Waals surface area (Å²) < 4.78 is 28.8. The Morgan fingerprint density at radius 3 is 2.58 bits per heavy atom. The Morgan fingerprint density at radius 1 is 1.05 bits per heavy atom. The van der Waals surface area contributed by atoms with Crippen LogP contribution >= 0.6 is 0 Å². The third kappa shape index (κ3) is 5.79. The predicted molar refractivity (Wildman–Crippen MR) is 77.1 cm³/mol. The van der Waals surface area contributed by atoms with Crippen LogP contribution in [0.15, 0.2) is 0 Å². The first-order chi connectivity index (χ1) is 9.16. The van der Waals surface area contributed by atoms with Gasteiger partial charge in [0.1, 0.15) is 0 Å². The SMILES string of the molecule is O=S1(=O)CCCC(NCCCOC2CCCCC2)C1. The van der Waals surface area contributed by atoms with Gasteiger partial charge in [0.15, 0.2) is 9.84 Å². The molecule has 2 fully saturated rings. The van der Waals surface area contributed by atoms with Crippen molar-refractivity contribution in [3.8, 4) is 0 Å². The van der Waals surface area contributed by atoms with Gasteiger partial charge in [-0.1, -0.05) is 19.3 Å². The van der Waals surface area contributed by atoms with E-state index in [1.54, 1.807) is 0 Å². The molecular weight excluding hydrogens is 262 g/mol. The van der Waals surface area contributed by atoms with Crippen molar-refractivity contribution >= 4 is 9.84 Å². The van der Waals surface area contributed by atoms with E-state index in [0.29, 0.717) is 17.6 Å². The van der Waals surface area contributed by atoms with Gasteiger partial charge in [-0.3, -0.25) is 0 Å². The largest absolute Gasteiger partial charge is 0.378 e. The van der Waals surface area contributed by atoms with Gasteiger partial charge < -0.3 is 10.1 Å². The standard InChI is InChI=1S/C14H27NO3S/c16-19(17)11-4-6-13(12-19)15-9-5-10-18-14-7-2-1-3-8-14/h13-15H,1-12H2. The molecule has 2 rings (SSSR count). The molecule has 4 nitrogen and oxygen atoms in total. The van der Waals surface area contributed by atoms with Crippen LogP contribution in [0.5, 0.6) is 0 Å². The highest BCUT2D eigenvalue weighted by Crippen LogP contribution is 2.20. The summed E-state index contributed by atoms with van der Waals surface area (Å²) in [5.74, 6) is 0.687. The molecule has 0 aromatic carbocycles. The Balaban J connectivity index is 1.52. The molecular formula is C14H27NO3S. The van der Waals surface area contributed by atoms with Gasteiger partial charge in [0.05, 0.1) is 17.6 Å². The fourth-order valence-electron chi connectivity index (χ4n) is 3.04. The average Bonchev–Trinajstić information content (AvgIpc) is 2.38. The van der Waals surface area contributed by atoms with E-state index in [1.807, 2.05) is 0 Å². The van der Waals surface area contributed by atoms with Crippen molar-refractivity contribution in [1.29, 1.82) is 0 Å². The highest BCUT2D eigenvalue weighted by molar-refractivity contribution is 7.91. The first-order valence-electron chi connectivity index (χ1n) is 7.71. The number of ether oxygens (including phenoxy) is 1. The second-order valence-electron chi connectivity index (χ2n) is 5.89. The van der Waals surface area contributed by atoms with E-state index in [0.717, 1.165) is 32.4 Å². The third-order valence-electron chi connectivity index (χ3n) is 4.12. The van der Waals surface area contributed by atoms with Crippen molar-refractivity contribution in [3.63, 3.8) is 0 Å². The Morgan fingerprint density at radius 2 is 1.84 bits per heavy atom. The monoisotopic (exact) mass is 289 g/mol. The summed E-state index contributed by atoms with van der Waals surface area (Å²) in [5, 5.41) is 3.36. The number of hydrogen-bond donors (Lipinski definition) is 1. The van der Waals surface area contributed by atoms with Crippen LogP contribution < -0.4 is 5.32 Å². The molecule has 0 spiro atoms. The zero-order valence-electron chi connectivity index (χ0n) is 11.8. The van der Waals surface area contributed by atoms with E-state index in [9.17, 15) is 8.42 Å². The molecule has 1 saturated carbocycles. The lowest BCUT2D eigenvalue weighted by molar-refractivity contribution is 0.0271. The van der Waals surface area contributed by atoms with E-state index >= 15 is 0 Å². The molecule has 1 atom stereocenters. The molecule has 2 aliphatic rings. The molecule has 0 amide bonds. The van der Waals surface area contributed by atoms with Crippen molar-refractivity contribution in [3.05, 3.63) is 0 Å². The molecule has 5 heteroatoms. The summed E-state index contributed by atoms with van der Waals surface area (Å²) in [6.07, 6.45) is 9.66. The Labute approximate surface area is 117 Å². The molecule has 112 valence electrons. The Hall–Kier alpha value is -0.130. The van der Waals surface area contributed by atoms with E-state index in [4.69, 9.17) is 4.74 Å². The van der Waals surface area contributed by atoms with Crippen molar-refractivity contribution in [1.82, 2.24) is 5.32 Å². The van der Waals surface area contributed by atoms with Crippen LogP contribution in [0.25, 0.3) is 0 Å². The lowest BCUT2D eigenvalue weighted by Crippen LogP contribution is -2.40. The predicted octanol–water partition coefficient (Wildman–Crippen LogP) is 1.89. The van der Waals surface area contributed by atoms with Crippen LogP contribution in [0.1, 0.15) is 51.4 Å². The van der Waals surface area contributed by atoms with E-state index in [1.165, 1.54) is 32.1 Å². The molecule has 0 radical (unpaired) electrons. The van der Waals surface area contributed by atoms with E-state index in [-0.39, 0.29) is 6.04 Å². The van der Waals surface area contributed by atoms with Crippen molar-refractivity contribution in [2.45, 2.75) is 63.5 Å². The van der Waals surface area contributed by atoms with E-state index in [2.05, 4.69) is 5.32 Å². The van der Waals surface area contributed by atoms with Gasteiger partial charge >= 0.3 is 0 Å². The fourth-order valence-corrected chi connectivity index (χ4v) is 4.71. The summed E-state index contributed by atoms with van der Waals surface area (Å²) in [6, 6.07) is 0.161. The summed E-state index contributed by atoms with van der Waals surface area (Å²) in [7, 11) is -2.79. The minimum absolute atomic E-state index is 0.161. The fraction of sp³-hybridized carbons (Fsp3) is 1.00. The molecule has 1 heterocycles. The van der Waals surface area contributed by atoms with Gasteiger partial charge in [-0.2, -0.15) is 0 Å². The molecule has 1 N–H and O–H groups in total. The summed E-state index contributed by atoms with van der Waals surface area (Å²) in [5.41, 5.74) is 0. The maximum absolute atomic E-state index is 11.5. The van der Waals surface area contributed by atoms with Crippen LogP contribution in [0.4, 0.5) is 0 Å². The first-order valence-corrected chi connectivity index (χ1v) is 9.53. The van der Waals surface area contributed by atoms with Crippen LogP contribution in [-0.2, 0) is 14.6 Å². The average molecular weight is 289 g/mol. The van der Waals surface area contributed by atoms with Gasteiger partial charge in [-0.05, 0) is 38.6 Å². The number of sulfone groups is 1. The van der Waals surface area contributed by atoms with Gasteiger partial charge in [0.25, 0.3) is 0 Å². The van der Waals surface area contributed by atoms with Crippen molar-refractivity contribution < 1.29 is 13.2 Å². The summed E-state index contributed by atoms with van der Waals surface area (Å²) in [6.45, 7) is 1.67. The Kier molecular flexibility index (Phi) is 6.10. The molecule has 1 saturated heterocycles. The van der Waals surface area contributed by atoms with Crippen LogP contribution in [0.3, 0.4) is 0 Å². The first kappa shape index (κ1) is 15.3. The second-order valence-corrected chi connectivity index (χ2v) is 8.12. The number of nitrogens with one attached hydrogen (secondary N) is 1. The molecule has 19 heavy (non-hydrogen) atoms. The summed E-state index contributed by atoms with van der Waals surface area (Å²) in [4.78, 5) is 0. The number of rotatable bonds is 6. The molecule has 0 bridgehead atoms. The molecule has 1 aliphatic heterocycles. The molecule has 1 aliphatic carbocycles. The van der Waals surface area contributed by atoms with Crippen LogP contribution in [0, 0.1) is 0 Å². The quantitative estimate of drug-likeness (QED) is 0.759. The van der Waals surface area contributed by atoms with E-state index < -0.39 is 9.84 Å². The van der Waals surface area contributed by atoms with Crippen molar-refractivity contribution in [2.24, 2.45) is 0 Å². The maximum Gasteiger partial charge on any atom is 0.151 e. The lowest BCUT2D eigenvalue weighted by Gasteiger charge is -2.24. The van der Waals surface area contributed by atoms with Gasteiger partial charge in [0, 0.05) is 12.6 Å². The normalized spacial score (nSPS) is 28.3. The Bertz CT molecular complexity index is 350. The lowest BCUT2D eigenvalue weighted by atomic mass is 9.98. The highest BCUT2D eigenvalue weighted by Gasteiger charge is 2.23.